The molecule has 0 aliphatic rings. The van der Waals surface area contributed by atoms with Crippen LogP contribution in [0.5, 0.6) is 5.75 Å². The zero-order valence-electron chi connectivity index (χ0n) is 11.7. The summed E-state index contributed by atoms with van der Waals surface area (Å²) in [6, 6.07) is 5.53. The minimum Gasteiger partial charge on any atom is -0.435 e. The van der Waals surface area contributed by atoms with Gasteiger partial charge in [0, 0.05) is 11.6 Å². The fraction of sp³-hybridized carbons (Fsp3) is 0.286. The van der Waals surface area contributed by atoms with Crippen LogP contribution in [0.4, 0.5) is 8.78 Å². The molecular weight excluding hydrogens is 296 g/mol. The van der Waals surface area contributed by atoms with E-state index in [1.54, 1.807) is 13.0 Å². The third-order valence-electron chi connectivity index (χ3n) is 2.88. The first kappa shape index (κ1) is 15.9. The zero-order chi connectivity index (χ0) is 16.1. The maximum atomic E-state index is 12.3. The Bertz CT molecular complexity index is 646. The summed E-state index contributed by atoms with van der Waals surface area (Å²) in [6.07, 6.45) is 1.33. The van der Waals surface area contributed by atoms with Crippen LogP contribution in [0.2, 0.25) is 0 Å². The second-order valence-electron chi connectivity index (χ2n) is 4.62. The molecule has 0 saturated heterocycles. The lowest BCUT2D eigenvalue weighted by molar-refractivity contribution is -0.0498. The molecule has 0 spiro atoms. The molecule has 2 aromatic rings. The lowest BCUT2D eigenvalue weighted by atomic mass is 10.1. The van der Waals surface area contributed by atoms with E-state index >= 15 is 0 Å². The molecule has 0 radical (unpaired) electrons. The first-order chi connectivity index (χ1) is 10.5. The molecule has 0 fully saturated rings. The normalized spacial score (nSPS) is 12.2. The third kappa shape index (κ3) is 3.79. The molecule has 0 aliphatic carbocycles. The van der Waals surface area contributed by atoms with Crippen LogP contribution in [0, 0.1) is 0 Å². The summed E-state index contributed by atoms with van der Waals surface area (Å²) in [4.78, 5) is 12.1. The molecule has 1 heterocycles. The molecule has 1 atom stereocenters. The first-order valence-electron chi connectivity index (χ1n) is 6.51. The van der Waals surface area contributed by atoms with Crippen molar-refractivity contribution in [3.05, 3.63) is 36.0 Å². The number of carbonyl (C=O) groups is 1. The molecule has 1 unspecified atom stereocenters. The van der Waals surface area contributed by atoms with Gasteiger partial charge in [-0.1, -0.05) is 12.1 Å². The predicted octanol–water partition coefficient (Wildman–Crippen LogP) is 1.79. The van der Waals surface area contributed by atoms with Gasteiger partial charge in [-0.3, -0.25) is 9.89 Å². The summed E-state index contributed by atoms with van der Waals surface area (Å²) in [5.41, 5.74) is 1.11. The van der Waals surface area contributed by atoms with Crippen LogP contribution in [0.15, 0.2) is 30.5 Å². The largest absolute Gasteiger partial charge is 0.435 e. The van der Waals surface area contributed by atoms with Gasteiger partial charge in [0.05, 0.1) is 24.1 Å². The lowest BCUT2D eigenvalue weighted by Gasteiger charge is -2.11. The van der Waals surface area contributed by atoms with Gasteiger partial charge in [0.15, 0.2) is 0 Å². The van der Waals surface area contributed by atoms with Gasteiger partial charge in [0.2, 0.25) is 0 Å². The molecule has 1 amide bonds. The van der Waals surface area contributed by atoms with Crippen LogP contribution >= 0.6 is 0 Å². The number of H-pyrrole nitrogens is 1. The van der Waals surface area contributed by atoms with Crippen molar-refractivity contribution < 1.29 is 23.4 Å². The van der Waals surface area contributed by atoms with Crippen molar-refractivity contribution in [1.29, 1.82) is 0 Å². The Kier molecular flexibility index (Phi) is 5.05. The average molecular weight is 311 g/mol. The molecular formula is C14H15F2N3O3. The Morgan fingerprint density at radius 2 is 2.27 bits per heavy atom. The highest BCUT2D eigenvalue weighted by Crippen LogP contribution is 2.26. The number of alkyl halides is 2. The highest BCUT2D eigenvalue weighted by Gasteiger charge is 2.17. The Labute approximate surface area is 125 Å². The first-order valence-corrected chi connectivity index (χ1v) is 6.51. The number of nitrogens with one attached hydrogen (secondary N) is 2. The monoisotopic (exact) mass is 311 g/mol. The van der Waals surface area contributed by atoms with Crippen molar-refractivity contribution in [3.63, 3.8) is 0 Å². The Morgan fingerprint density at radius 3 is 2.95 bits per heavy atom. The molecule has 6 nitrogen and oxygen atoms in total. The Hall–Kier alpha value is -2.48. The summed E-state index contributed by atoms with van der Waals surface area (Å²) in [6.45, 7) is -1.48. The van der Waals surface area contributed by atoms with Crippen LogP contribution < -0.4 is 10.1 Å². The van der Waals surface area contributed by atoms with Crippen molar-refractivity contribution in [2.24, 2.45) is 0 Å². The predicted molar refractivity (Wildman–Crippen MR) is 74.7 cm³/mol. The van der Waals surface area contributed by atoms with Crippen molar-refractivity contribution in [2.45, 2.75) is 19.6 Å². The number of rotatable bonds is 6. The SMILES string of the molecule is CC(CO)NC(=O)c1cn[nH]c1-c1cccc(OC(F)F)c1. The van der Waals surface area contributed by atoms with Crippen LogP contribution in [-0.2, 0) is 0 Å². The maximum Gasteiger partial charge on any atom is 0.387 e. The summed E-state index contributed by atoms with van der Waals surface area (Å²) >= 11 is 0. The lowest BCUT2D eigenvalue weighted by Crippen LogP contribution is -2.35. The number of halogens is 2. The number of aromatic amines is 1. The van der Waals surface area contributed by atoms with Gasteiger partial charge < -0.3 is 15.2 Å². The van der Waals surface area contributed by atoms with E-state index < -0.39 is 18.6 Å². The quantitative estimate of drug-likeness (QED) is 0.759. The van der Waals surface area contributed by atoms with E-state index in [9.17, 15) is 13.6 Å². The number of ether oxygens (including phenoxy) is 1. The van der Waals surface area contributed by atoms with Crippen LogP contribution in [-0.4, -0.2) is 40.5 Å². The molecule has 2 rings (SSSR count). The number of aliphatic hydroxyl groups is 1. The minimum absolute atomic E-state index is 0.0165. The maximum absolute atomic E-state index is 12.3. The van der Waals surface area contributed by atoms with Gasteiger partial charge in [-0.2, -0.15) is 13.9 Å². The highest BCUT2D eigenvalue weighted by atomic mass is 19.3. The Balaban J connectivity index is 2.27. The summed E-state index contributed by atoms with van der Waals surface area (Å²) in [7, 11) is 0. The van der Waals surface area contributed by atoms with E-state index in [0.29, 0.717) is 11.3 Å². The average Bonchev–Trinajstić information content (AvgIpc) is 2.96. The zero-order valence-corrected chi connectivity index (χ0v) is 11.7. The van der Waals surface area contributed by atoms with E-state index in [2.05, 4.69) is 20.3 Å². The van der Waals surface area contributed by atoms with Gasteiger partial charge in [0.25, 0.3) is 5.91 Å². The third-order valence-corrected chi connectivity index (χ3v) is 2.88. The van der Waals surface area contributed by atoms with Gasteiger partial charge in [-0.15, -0.1) is 0 Å². The minimum atomic E-state index is -2.93. The molecule has 22 heavy (non-hydrogen) atoms. The van der Waals surface area contributed by atoms with Crippen molar-refractivity contribution in [1.82, 2.24) is 15.5 Å². The molecule has 3 N–H and O–H groups in total. The van der Waals surface area contributed by atoms with Crippen LogP contribution in [0.3, 0.4) is 0 Å². The number of hydrogen-bond donors (Lipinski definition) is 3. The highest BCUT2D eigenvalue weighted by molar-refractivity contribution is 5.99. The van der Waals surface area contributed by atoms with E-state index in [1.807, 2.05) is 0 Å². The number of aliphatic hydroxyl groups excluding tert-OH is 1. The topological polar surface area (TPSA) is 87.2 Å². The number of hydrogen-bond acceptors (Lipinski definition) is 4. The van der Waals surface area contributed by atoms with Crippen molar-refractivity contribution in [2.75, 3.05) is 6.61 Å². The van der Waals surface area contributed by atoms with E-state index in [4.69, 9.17) is 5.11 Å². The molecule has 118 valence electrons. The Morgan fingerprint density at radius 1 is 1.50 bits per heavy atom. The van der Waals surface area contributed by atoms with Crippen LogP contribution in [0.1, 0.15) is 17.3 Å². The molecule has 0 bridgehead atoms. The summed E-state index contributed by atoms with van der Waals surface area (Å²) < 4.78 is 28.8. The van der Waals surface area contributed by atoms with Crippen molar-refractivity contribution in [3.8, 4) is 17.0 Å². The van der Waals surface area contributed by atoms with E-state index in [1.165, 1.54) is 24.4 Å². The number of aromatic nitrogens is 2. The van der Waals surface area contributed by atoms with Crippen molar-refractivity contribution >= 4 is 5.91 Å². The van der Waals surface area contributed by atoms with Gasteiger partial charge in [0.1, 0.15) is 5.75 Å². The number of carbonyl (C=O) groups excluding carboxylic acids is 1. The van der Waals surface area contributed by atoms with Crippen LogP contribution in [0.25, 0.3) is 11.3 Å². The second-order valence-corrected chi connectivity index (χ2v) is 4.62. The molecule has 0 aliphatic heterocycles. The molecule has 0 saturated carbocycles. The van der Waals surface area contributed by atoms with Gasteiger partial charge in [-0.05, 0) is 19.1 Å². The number of amides is 1. The standard InChI is InChI=1S/C14H15F2N3O3/c1-8(7-20)18-13(21)11-6-17-19-12(11)9-3-2-4-10(5-9)22-14(15)16/h2-6,8,14,20H,7H2,1H3,(H,17,19)(H,18,21). The fourth-order valence-corrected chi connectivity index (χ4v) is 1.85. The smallest absolute Gasteiger partial charge is 0.387 e. The van der Waals surface area contributed by atoms with E-state index in [0.717, 1.165) is 0 Å². The van der Waals surface area contributed by atoms with E-state index in [-0.39, 0.29) is 17.9 Å². The number of nitrogens with zero attached hydrogens (tertiary/aromatic N) is 1. The summed E-state index contributed by atoms with van der Waals surface area (Å²) in [5.74, 6) is -0.442. The summed E-state index contributed by atoms with van der Waals surface area (Å²) in [5, 5.41) is 18.0. The second kappa shape index (κ2) is 6.99. The molecule has 1 aromatic heterocycles. The van der Waals surface area contributed by atoms with Gasteiger partial charge >= 0.3 is 6.61 Å². The molecule has 8 heteroatoms. The molecule has 1 aromatic carbocycles. The van der Waals surface area contributed by atoms with Gasteiger partial charge in [-0.25, -0.2) is 0 Å². The fourth-order valence-electron chi connectivity index (χ4n) is 1.85. The number of benzene rings is 1.